The van der Waals surface area contributed by atoms with Crippen molar-refractivity contribution < 1.29 is 9.47 Å². The Morgan fingerprint density at radius 1 is 1.28 bits per heavy atom. The molecule has 18 heavy (non-hydrogen) atoms. The molecule has 0 spiro atoms. The van der Waals surface area contributed by atoms with E-state index in [-0.39, 0.29) is 0 Å². The van der Waals surface area contributed by atoms with Gasteiger partial charge in [0.15, 0.2) is 0 Å². The summed E-state index contributed by atoms with van der Waals surface area (Å²) in [7, 11) is 0. The van der Waals surface area contributed by atoms with Crippen LogP contribution in [0.1, 0.15) is 26.3 Å². The highest BCUT2D eigenvalue weighted by Crippen LogP contribution is 2.07. The van der Waals surface area contributed by atoms with Gasteiger partial charge in [0, 0.05) is 19.3 Å². The molecule has 0 amide bonds. The lowest BCUT2D eigenvalue weighted by Gasteiger charge is -2.08. The van der Waals surface area contributed by atoms with Crippen molar-refractivity contribution >= 4 is 5.82 Å². The second kappa shape index (κ2) is 8.89. The number of pyridine rings is 1. The first kappa shape index (κ1) is 14.9. The van der Waals surface area contributed by atoms with E-state index in [1.807, 2.05) is 12.1 Å². The summed E-state index contributed by atoms with van der Waals surface area (Å²) in [6.07, 6.45) is 1.80. The summed E-state index contributed by atoms with van der Waals surface area (Å²) >= 11 is 0. The van der Waals surface area contributed by atoms with Crippen molar-refractivity contribution in [3.05, 3.63) is 23.9 Å². The molecule has 1 rings (SSSR count). The summed E-state index contributed by atoms with van der Waals surface area (Å²) in [5.41, 5.74) is 1.13. The summed E-state index contributed by atoms with van der Waals surface area (Å²) in [4.78, 5) is 4.21. The van der Waals surface area contributed by atoms with Crippen LogP contribution < -0.4 is 5.32 Å². The zero-order valence-electron chi connectivity index (χ0n) is 11.6. The predicted molar refractivity (Wildman–Crippen MR) is 73.7 cm³/mol. The van der Waals surface area contributed by atoms with Crippen LogP contribution in [0.3, 0.4) is 0 Å². The molecule has 1 heterocycles. The molecule has 0 radical (unpaired) electrons. The first-order valence-corrected chi connectivity index (χ1v) is 6.56. The van der Waals surface area contributed by atoms with E-state index in [1.54, 1.807) is 6.20 Å². The van der Waals surface area contributed by atoms with Crippen LogP contribution in [-0.2, 0) is 16.1 Å². The van der Waals surface area contributed by atoms with E-state index >= 15 is 0 Å². The molecule has 1 aromatic heterocycles. The summed E-state index contributed by atoms with van der Waals surface area (Å²) in [5, 5.41) is 3.18. The molecule has 0 aromatic carbocycles. The maximum Gasteiger partial charge on any atom is 0.126 e. The predicted octanol–water partition coefficient (Wildman–Crippen LogP) is 2.70. The Morgan fingerprint density at radius 2 is 2.06 bits per heavy atom. The molecule has 0 aliphatic heterocycles. The molecule has 0 aliphatic rings. The first-order valence-electron chi connectivity index (χ1n) is 6.56. The van der Waals surface area contributed by atoms with Crippen LogP contribution >= 0.6 is 0 Å². The molecule has 0 unspecified atom stereocenters. The van der Waals surface area contributed by atoms with Gasteiger partial charge in [0.25, 0.3) is 0 Å². The number of rotatable bonds is 9. The number of anilines is 1. The van der Waals surface area contributed by atoms with Crippen LogP contribution in [0.15, 0.2) is 18.3 Å². The van der Waals surface area contributed by atoms with Crippen molar-refractivity contribution in [2.24, 2.45) is 5.92 Å². The highest BCUT2D eigenvalue weighted by Gasteiger charge is 1.97. The van der Waals surface area contributed by atoms with Gasteiger partial charge in [-0.05, 0) is 30.5 Å². The van der Waals surface area contributed by atoms with Gasteiger partial charge in [-0.2, -0.15) is 0 Å². The van der Waals surface area contributed by atoms with Crippen molar-refractivity contribution in [1.29, 1.82) is 0 Å². The van der Waals surface area contributed by atoms with Crippen LogP contribution in [-0.4, -0.2) is 31.3 Å². The number of hydrogen-bond acceptors (Lipinski definition) is 4. The molecular formula is C14H24N2O2. The SMILES string of the molecule is CCNc1cc(COCCOCC(C)C)ccn1. The second-order valence-electron chi connectivity index (χ2n) is 4.60. The van der Waals surface area contributed by atoms with E-state index in [4.69, 9.17) is 9.47 Å². The second-order valence-corrected chi connectivity index (χ2v) is 4.60. The highest BCUT2D eigenvalue weighted by molar-refractivity contribution is 5.36. The molecule has 0 aliphatic carbocycles. The van der Waals surface area contributed by atoms with Gasteiger partial charge in [0.2, 0.25) is 0 Å². The van der Waals surface area contributed by atoms with E-state index in [1.165, 1.54) is 0 Å². The van der Waals surface area contributed by atoms with Crippen molar-refractivity contribution in [2.45, 2.75) is 27.4 Å². The standard InChI is InChI=1S/C14H24N2O2/c1-4-15-14-9-13(5-6-16-14)11-18-8-7-17-10-12(2)3/h5-6,9,12H,4,7-8,10-11H2,1-3H3,(H,15,16). The largest absolute Gasteiger partial charge is 0.379 e. The number of aromatic nitrogens is 1. The van der Waals surface area contributed by atoms with Crippen LogP contribution in [0.25, 0.3) is 0 Å². The lowest BCUT2D eigenvalue weighted by atomic mass is 10.2. The minimum Gasteiger partial charge on any atom is -0.379 e. The number of ether oxygens (including phenoxy) is 2. The third-order valence-electron chi connectivity index (χ3n) is 2.27. The number of nitrogens with one attached hydrogen (secondary N) is 1. The minimum atomic E-state index is 0.577. The molecule has 0 atom stereocenters. The molecule has 102 valence electrons. The van der Waals surface area contributed by atoms with Crippen LogP contribution in [0.2, 0.25) is 0 Å². The van der Waals surface area contributed by atoms with E-state index in [9.17, 15) is 0 Å². The zero-order valence-corrected chi connectivity index (χ0v) is 11.6. The molecule has 1 aromatic rings. The van der Waals surface area contributed by atoms with Crippen LogP contribution in [0.4, 0.5) is 5.82 Å². The summed E-state index contributed by atoms with van der Waals surface area (Å²) in [5.74, 6) is 1.47. The molecule has 4 nitrogen and oxygen atoms in total. The molecule has 4 heteroatoms. The molecule has 1 N–H and O–H groups in total. The number of nitrogens with zero attached hydrogens (tertiary/aromatic N) is 1. The lowest BCUT2D eigenvalue weighted by Crippen LogP contribution is -2.08. The van der Waals surface area contributed by atoms with E-state index < -0.39 is 0 Å². The maximum absolute atomic E-state index is 5.55. The van der Waals surface area contributed by atoms with E-state index in [0.717, 1.165) is 24.5 Å². The molecule has 0 bridgehead atoms. The Bertz CT molecular complexity index is 329. The highest BCUT2D eigenvalue weighted by atomic mass is 16.5. The number of hydrogen-bond donors (Lipinski definition) is 1. The average Bonchev–Trinajstić information content (AvgIpc) is 2.34. The lowest BCUT2D eigenvalue weighted by molar-refractivity contribution is 0.0314. The average molecular weight is 252 g/mol. The van der Waals surface area contributed by atoms with Gasteiger partial charge in [-0.3, -0.25) is 0 Å². The Kier molecular flexibility index (Phi) is 7.37. The van der Waals surface area contributed by atoms with Gasteiger partial charge in [0.05, 0.1) is 19.8 Å². The minimum absolute atomic E-state index is 0.577. The van der Waals surface area contributed by atoms with Crippen molar-refractivity contribution in [3.63, 3.8) is 0 Å². The van der Waals surface area contributed by atoms with Crippen molar-refractivity contribution in [2.75, 3.05) is 31.7 Å². The first-order chi connectivity index (χ1) is 8.72. The smallest absolute Gasteiger partial charge is 0.126 e. The van der Waals surface area contributed by atoms with Gasteiger partial charge in [-0.25, -0.2) is 4.98 Å². The summed E-state index contributed by atoms with van der Waals surface area (Å²) in [6.45, 7) is 9.89. The Morgan fingerprint density at radius 3 is 2.78 bits per heavy atom. The fourth-order valence-electron chi connectivity index (χ4n) is 1.47. The van der Waals surface area contributed by atoms with Gasteiger partial charge < -0.3 is 14.8 Å². The third-order valence-corrected chi connectivity index (χ3v) is 2.27. The van der Waals surface area contributed by atoms with E-state index in [0.29, 0.717) is 25.7 Å². The molecular weight excluding hydrogens is 228 g/mol. The van der Waals surface area contributed by atoms with Gasteiger partial charge in [-0.15, -0.1) is 0 Å². The monoisotopic (exact) mass is 252 g/mol. The van der Waals surface area contributed by atoms with Crippen LogP contribution in [0.5, 0.6) is 0 Å². The van der Waals surface area contributed by atoms with Gasteiger partial charge in [-0.1, -0.05) is 13.8 Å². The Balaban J connectivity index is 2.16. The molecule has 0 fully saturated rings. The maximum atomic E-state index is 5.55. The molecule has 0 saturated heterocycles. The quantitative estimate of drug-likeness (QED) is 0.686. The zero-order chi connectivity index (χ0) is 13.2. The molecule has 0 saturated carbocycles. The normalized spacial score (nSPS) is 10.9. The topological polar surface area (TPSA) is 43.4 Å². The Hall–Kier alpha value is -1.13. The summed E-state index contributed by atoms with van der Waals surface area (Å²) < 4.78 is 11.0. The van der Waals surface area contributed by atoms with E-state index in [2.05, 4.69) is 31.1 Å². The fourth-order valence-corrected chi connectivity index (χ4v) is 1.47. The van der Waals surface area contributed by atoms with Gasteiger partial charge in [0.1, 0.15) is 5.82 Å². The third kappa shape index (κ3) is 6.57. The Labute approximate surface area is 110 Å². The van der Waals surface area contributed by atoms with Crippen molar-refractivity contribution in [3.8, 4) is 0 Å². The fraction of sp³-hybridized carbons (Fsp3) is 0.643. The summed E-state index contributed by atoms with van der Waals surface area (Å²) in [6, 6.07) is 3.98. The van der Waals surface area contributed by atoms with Crippen LogP contribution in [0, 0.1) is 5.92 Å². The van der Waals surface area contributed by atoms with Crippen molar-refractivity contribution in [1.82, 2.24) is 4.98 Å². The van der Waals surface area contributed by atoms with Gasteiger partial charge >= 0.3 is 0 Å².